The van der Waals surface area contributed by atoms with Gasteiger partial charge in [-0.2, -0.15) is 0 Å². The summed E-state index contributed by atoms with van der Waals surface area (Å²) in [4.78, 5) is 26.0. The van der Waals surface area contributed by atoms with Gasteiger partial charge in [0.2, 0.25) is 0 Å². The lowest BCUT2D eigenvalue weighted by Gasteiger charge is -2.45. The smallest absolute Gasteiger partial charge is 0.324 e. The van der Waals surface area contributed by atoms with E-state index in [0.717, 1.165) is 44.9 Å². The van der Waals surface area contributed by atoms with E-state index in [0.29, 0.717) is 19.1 Å². The Morgan fingerprint density at radius 3 is 1.78 bits per heavy atom. The average Bonchev–Trinajstić information content (AvgIpc) is 3.06. The zero-order chi connectivity index (χ0) is 17.1. The van der Waals surface area contributed by atoms with Crippen molar-refractivity contribution in [2.24, 2.45) is 22.7 Å². The highest BCUT2D eigenvalue weighted by Crippen LogP contribution is 2.67. The number of rotatable bonds is 8. The van der Waals surface area contributed by atoms with Crippen LogP contribution in [0.4, 0.5) is 0 Å². The van der Waals surface area contributed by atoms with E-state index in [1.807, 2.05) is 0 Å². The number of esters is 2. The summed E-state index contributed by atoms with van der Waals surface area (Å²) in [5.41, 5.74) is -1.49. The number of carbonyl (C=O) groups is 2. The van der Waals surface area contributed by atoms with Crippen LogP contribution in [0.5, 0.6) is 0 Å². The lowest BCUT2D eigenvalue weighted by Crippen LogP contribution is -2.56. The van der Waals surface area contributed by atoms with Gasteiger partial charge in [-0.05, 0) is 49.4 Å². The zero-order valence-corrected chi connectivity index (χ0v) is 15.2. The molecule has 4 heteroatoms. The van der Waals surface area contributed by atoms with Crippen LogP contribution in [-0.4, -0.2) is 25.2 Å². The van der Waals surface area contributed by atoms with Gasteiger partial charge < -0.3 is 9.47 Å². The van der Waals surface area contributed by atoms with E-state index in [2.05, 4.69) is 27.7 Å². The first-order valence-electron chi connectivity index (χ1n) is 9.27. The molecule has 0 heterocycles. The standard InChI is InChI=1S/C19H32O4/c1-5-7-11-22-16(20)19(17(21)23-12-8-6-2)15-10-9-14(13-15)18(19,3)4/h14-15H,5-13H2,1-4H3. The molecule has 2 saturated carbocycles. The Morgan fingerprint density at radius 2 is 1.39 bits per heavy atom. The zero-order valence-electron chi connectivity index (χ0n) is 15.2. The van der Waals surface area contributed by atoms with E-state index in [9.17, 15) is 9.59 Å². The summed E-state index contributed by atoms with van der Waals surface area (Å²) in [6.07, 6.45) is 6.58. The Hall–Kier alpha value is -1.06. The average molecular weight is 324 g/mol. The second kappa shape index (κ2) is 7.23. The third-order valence-corrected chi connectivity index (χ3v) is 6.19. The van der Waals surface area contributed by atoms with Crippen molar-refractivity contribution in [2.75, 3.05) is 13.2 Å². The summed E-state index contributed by atoms with van der Waals surface area (Å²) in [6, 6.07) is 0. The van der Waals surface area contributed by atoms with Gasteiger partial charge in [-0.15, -0.1) is 0 Å². The molecule has 0 aromatic carbocycles. The van der Waals surface area contributed by atoms with Crippen molar-refractivity contribution < 1.29 is 19.1 Å². The highest BCUT2D eigenvalue weighted by molar-refractivity contribution is 6.02. The number of carbonyl (C=O) groups excluding carboxylic acids is 2. The molecule has 2 rings (SSSR count). The predicted molar refractivity (Wildman–Crippen MR) is 88.8 cm³/mol. The Kier molecular flexibility index (Phi) is 5.74. The molecule has 2 bridgehead atoms. The van der Waals surface area contributed by atoms with Gasteiger partial charge in [0.15, 0.2) is 5.41 Å². The van der Waals surface area contributed by atoms with E-state index in [1.165, 1.54) is 0 Å². The van der Waals surface area contributed by atoms with Gasteiger partial charge in [-0.3, -0.25) is 9.59 Å². The van der Waals surface area contributed by atoms with E-state index < -0.39 is 5.41 Å². The van der Waals surface area contributed by atoms with Crippen molar-refractivity contribution in [3.8, 4) is 0 Å². The summed E-state index contributed by atoms with van der Waals surface area (Å²) in [6.45, 7) is 9.02. The summed E-state index contributed by atoms with van der Waals surface area (Å²) < 4.78 is 11.1. The molecule has 0 spiro atoms. The van der Waals surface area contributed by atoms with E-state index in [1.54, 1.807) is 0 Å². The first kappa shape index (κ1) is 18.3. The second-order valence-corrected chi connectivity index (χ2v) is 7.72. The quantitative estimate of drug-likeness (QED) is 0.383. The topological polar surface area (TPSA) is 52.6 Å². The number of unbranched alkanes of at least 4 members (excludes halogenated alkanes) is 2. The molecule has 2 unspecified atom stereocenters. The maximum Gasteiger partial charge on any atom is 0.324 e. The van der Waals surface area contributed by atoms with Crippen molar-refractivity contribution in [1.29, 1.82) is 0 Å². The van der Waals surface area contributed by atoms with Crippen LogP contribution >= 0.6 is 0 Å². The van der Waals surface area contributed by atoms with Gasteiger partial charge in [0.1, 0.15) is 0 Å². The highest BCUT2D eigenvalue weighted by atomic mass is 16.6. The fraction of sp³-hybridized carbons (Fsp3) is 0.895. The van der Waals surface area contributed by atoms with Crippen LogP contribution in [0.15, 0.2) is 0 Å². The van der Waals surface area contributed by atoms with Crippen molar-refractivity contribution in [2.45, 2.75) is 72.6 Å². The fourth-order valence-electron chi connectivity index (χ4n) is 4.67. The summed E-state index contributed by atoms with van der Waals surface area (Å²) in [5, 5.41) is 0. The summed E-state index contributed by atoms with van der Waals surface area (Å²) in [5.74, 6) is -0.204. The van der Waals surface area contributed by atoms with Crippen LogP contribution in [0.2, 0.25) is 0 Å². The van der Waals surface area contributed by atoms with Crippen molar-refractivity contribution >= 4 is 11.9 Å². The molecule has 23 heavy (non-hydrogen) atoms. The maximum atomic E-state index is 13.0. The van der Waals surface area contributed by atoms with Gasteiger partial charge in [-0.1, -0.05) is 40.5 Å². The molecule has 2 aliphatic carbocycles. The molecule has 2 aliphatic rings. The lowest BCUT2D eigenvalue weighted by atomic mass is 9.57. The molecule has 0 saturated heterocycles. The lowest BCUT2D eigenvalue weighted by molar-refractivity contribution is -0.188. The van der Waals surface area contributed by atoms with E-state index >= 15 is 0 Å². The second-order valence-electron chi connectivity index (χ2n) is 7.72. The van der Waals surface area contributed by atoms with E-state index in [4.69, 9.17) is 9.47 Å². The third-order valence-electron chi connectivity index (χ3n) is 6.19. The molecule has 0 amide bonds. The molecule has 0 radical (unpaired) electrons. The van der Waals surface area contributed by atoms with Crippen LogP contribution in [0.25, 0.3) is 0 Å². The Bertz CT molecular complexity index is 419. The van der Waals surface area contributed by atoms with E-state index in [-0.39, 0.29) is 23.3 Å². The Morgan fingerprint density at radius 1 is 0.913 bits per heavy atom. The largest absolute Gasteiger partial charge is 0.465 e. The normalized spacial score (nSPS) is 27.0. The summed E-state index contributed by atoms with van der Waals surface area (Å²) in [7, 11) is 0. The van der Waals surface area contributed by atoms with Gasteiger partial charge >= 0.3 is 11.9 Å². The monoisotopic (exact) mass is 324 g/mol. The fourth-order valence-corrected chi connectivity index (χ4v) is 4.67. The van der Waals surface area contributed by atoms with Gasteiger partial charge in [0, 0.05) is 0 Å². The minimum absolute atomic E-state index is 0.0748. The number of ether oxygens (including phenoxy) is 2. The van der Waals surface area contributed by atoms with Crippen LogP contribution in [0, 0.1) is 22.7 Å². The molecule has 0 aromatic heterocycles. The van der Waals surface area contributed by atoms with Gasteiger partial charge in [0.25, 0.3) is 0 Å². The van der Waals surface area contributed by atoms with Crippen LogP contribution < -0.4 is 0 Å². The Balaban J connectivity index is 2.24. The molecule has 0 N–H and O–H groups in total. The molecule has 132 valence electrons. The SMILES string of the molecule is CCCCOC(=O)C1(C(=O)OCCCC)C2CCC(C2)C1(C)C. The van der Waals surface area contributed by atoms with Crippen LogP contribution in [-0.2, 0) is 19.1 Å². The van der Waals surface area contributed by atoms with Crippen molar-refractivity contribution in [3.05, 3.63) is 0 Å². The van der Waals surface area contributed by atoms with Crippen LogP contribution in [0.3, 0.4) is 0 Å². The molecular formula is C19H32O4. The molecule has 2 fully saturated rings. The Labute approximate surface area is 140 Å². The molecule has 0 aromatic rings. The summed E-state index contributed by atoms with van der Waals surface area (Å²) >= 11 is 0. The minimum atomic E-state index is -1.10. The third kappa shape index (κ3) is 2.89. The first-order chi connectivity index (χ1) is 10.9. The highest BCUT2D eigenvalue weighted by Gasteiger charge is 2.72. The molecule has 0 aliphatic heterocycles. The van der Waals surface area contributed by atoms with Gasteiger partial charge in [0.05, 0.1) is 13.2 Å². The number of hydrogen-bond acceptors (Lipinski definition) is 4. The maximum absolute atomic E-state index is 13.0. The van der Waals surface area contributed by atoms with Gasteiger partial charge in [-0.25, -0.2) is 0 Å². The molecule has 4 nitrogen and oxygen atoms in total. The first-order valence-corrected chi connectivity index (χ1v) is 9.27. The predicted octanol–water partition coefficient (Wildman–Crippen LogP) is 4.12. The molecule has 2 atom stereocenters. The van der Waals surface area contributed by atoms with Crippen molar-refractivity contribution in [3.63, 3.8) is 0 Å². The minimum Gasteiger partial charge on any atom is -0.465 e. The van der Waals surface area contributed by atoms with Crippen molar-refractivity contribution in [1.82, 2.24) is 0 Å². The molecular weight excluding hydrogens is 292 g/mol. The number of fused-ring (bicyclic) bond motifs is 2. The van der Waals surface area contributed by atoms with Crippen LogP contribution in [0.1, 0.15) is 72.6 Å². The number of hydrogen-bond donors (Lipinski definition) is 0.